The Balaban J connectivity index is 1.30. The lowest BCUT2D eigenvalue weighted by molar-refractivity contribution is -0.126. The summed E-state index contributed by atoms with van der Waals surface area (Å²) >= 11 is 8.64. The first-order valence-corrected chi connectivity index (χ1v) is 20.0. The highest BCUT2D eigenvalue weighted by molar-refractivity contribution is 14.1. The number of nitrogens with zero attached hydrogens (tertiary/aromatic N) is 1. The molecule has 1 aliphatic rings. The predicted octanol–water partition coefficient (Wildman–Crippen LogP) is 9.28. The van der Waals surface area contributed by atoms with Crippen LogP contribution in [0, 0.1) is 0 Å². The van der Waals surface area contributed by atoms with E-state index in [0.29, 0.717) is 0 Å². The van der Waals surface area contributed by atoms with Crippen LogP contribution in [0.5, 0.6) is 0 Å². The predicted molar refractivity (Wildman–Crippen MR) is 227 cm³/mol. The van der Waals surface area contributed by atoms with Crippen LogP contribution in [0.3, 0.4) is 0 Å². The van der Waals surface area contributed by atoms with Crippen LogP contribution >= 0.6 is 34.2 Å². The molecule has 1 aliphatic heterocycles. The smallest absolute Gasteiger partial charge is 0.330 e. The second-order valence-corrected chi connectivity index (χ2v) is 15.5. The number of hydrogen-bond acceptors (Lipinski definition) is 5. The third kappa shape index (κ3) is 7.08. The van der Waals surface area contributed by atoms with E-state index in [1.807, 2.05) is 109 Å². The van der Waals surface area contributed by atoms with E-state index in [0.717, 1.165) is 33.4 Å². The summed E-state index contributed by atoms with van der Waals surface area (Å²) < 4.78 is 22.8. The van der Waals surface area contributed by atoms with Crippen LogP contribution in [0.1, 0.15) is 39.6 Å². The summed E-state index contributed by atoms with van der Waals surface area (Å²) in [5.74, 6) is 0. The Kier molecular flexibility index (Phi) is 11.2. The standard InChI is InChI=1S/C47H38ClIN2O5/c48-39-31-51(45(53)50-43(39)52)44-41(49)42(56-47(36-25-13-4-14-26-36,37-27-15-5-16-28-37)38-29-17-6-18-30-38)40(55-44)32-54-46(33-19-7-1-8-20-33,34-21-9-2-10-22-34)35-23-11-3-12-24-35/h1-31,40-42,44H,32H2,(H,50,52,53)/t40-,41-,42-,44-/m1/s1. The van der Waals surface area contributed by atoms with Gasteiger partial charge in [-0.3, -0.25) is 14.3 Å². The van der Waals surface area contributed by atoms with Gasteiger partial charge in [-0.05, 0) is 33.4 Å². The highest BCUT2D eigenvalue weighted by atomic mass is 127. The lowest BCUT2D eigenvalue weighted by Gasteiger charge is -2.41. The molecular formula is C47H38ClIN2O5. The van der Waals surface area contributed by atoms with Crippen LogP contribution in [0.4, 0.5) is 0 Å². The third-order valence-electron chi connectivity index (χ3n) is 10.3. The van der Waals surface area contributed by atoms with Gasteiger partial charge in [0, 0.05) is 6.20 Å². The first-order valence-electron chi connectivity index (χ1n) is 18.4. The topological polar surface area (TPSA) is 82.6 Å². The number of alkyl halides is 1. The van der Waals surface area contributed by atoms with E-state index >= 15 is 0 Å². The Morgan fingerprint density at radius 1 is 0.589 bits per heavy atom. The van der Waals surface area contributed by atoms with Crippen molar-refractivity contribution in [3.8, 4) is 0 Å². The molecule has 4 atom stereocenters. The quantitative estimate of drug-likeness (QED) is 0.0753. The van der Waals surface area contributed by atoms with Crippen molar-refractivity contribution in [2.24, 2.45) is 0 Å². The number of aromatic nitrogens is 2. The van der Waals surface area contributed by atoms with E-state index in [9.17, 15) is 9.59 Å². The molecule has 8 rings (SSSR count). The SMILES string of the molecule is O=c1[nH]c(=O)n([C@@H]2O[C@H](COC(c3ccccc3)(c3ccccc3)c3ccccc3)[C@@H](OC(c3ccccc3)(c3ccccc3)c3ccccc3)[C@H]2I)cc1Cl. The highest BCUT2D eigenvalue weighted by Crippen LogP contribution is 2.48. The molecule has 280 valence electrons. The second kappa shape index (κ2) is 16.6. The van der Waals surface area contributed by atoms with Crippen LogP contribution < -0.4 is 11.2 Å². The molecule has 6 aromatic carbocycles. The first-order chi connectivity index (χ1) is 27.4. The summed E-state index contributed by atoms with van der Waals surface area (Å²) in [5, 5.41) is -0.127. The molecule has 1 saturated heterocycles. The molecule has 0 unspecified atom stereocenters. The summed E-state index contributed by atoms with van der Waals surface area (Å²) in [5.41, 5.74) is 2.09. The van der Waals surface area contributed by atoms with Crippen LogP contribution in [0.25, 0.3) is 0 Å². The van der Waals surface area contributed by atoms with Crippen LogP contribution in [-0.2, 0) is 25.4 Å². The average molecular weight is 873 g/mol. The van der Waals surface area contributed by atoms with E-state index in [2.05, 4.69) is 100 Å². The lowest BCUT2D eigenvalue weighted by Crippen LogP contribution is -2.45. The number of ether oxygens (including phenoxy) is 3. The summed E-state index contributed by atoms with van der Waals surface area (Å²) in [6, 6.07) is 60.8. The number of H-pyrrole nitrogens is 1. The van der Waals surface area contributed by atoms with Gasteiger partial charge in [0.15, 0.2) is 6.23 Å². The number of hydrogen-bond donors (Lipinski definition) is 1. The maximum Gasteiger partial charge on any atom is 0.330 e. The number of benzene rings is 6. The fraction of sp³-hybridized carbons (Fsp3) is 0.149. The Labute approximate surface area is 343 Å². The van der Waals surface area contributed by atoms with Gasteiger partial charge in [0.1, 0.15) is 28.4 Å². The molecule has 1 N–H and O–H groups in total. The molecule has 0 aliphatic carbocycles. The average Bonchev–Trinajstić information content (AvgIpc) is 3.56. The first kappa shape index (κ1) is 37.8. The van der Waals surface area contributed by atoms with Gasteiger partial charge in [-0.2, -0.15) is 0 Å². The maximum atomic E-state index is 13.5. The van der Waals surface area contributed by atoms with Gasteiger partial charge < -0.3 is 14.2 Å². The Hall–Kier alpha value is -5.10. The van der Waals surface area contributed by atoms with Crippen molar-refractivity contribution in [1.29, 1.82) is 0 Å². The molecular weight excluding hydrogens is 835 g/mol. The van der Waals surface area contributed by atoms with E-state index < -0.39 is 44.8 Å². The van der Waals surface area contributed by atoms with Crippen LogP contribution in [0.2, 0.25) is 5.02 Å². The van der Waals surface area contributed by atoms with Gasteiger partial charge in [-0.1, -0.05) is 216 Å². The van der Waals surface area contributed by atoms with Gasteiger partial charge >= 0.3 is 5.69 Å². The Morgan fingerprint density at radius 3 is 1.32 bits per heavy atom. The number of nitrogens with one attached hydrogen (secondary N) is 1. The maximum absolute atomic E-state index is 13.5. The fourth-order valence-corrected chi connectivity index (χ4v) is 9.02. The molecule has 0 bridgehead atoms. The van der Waals surface area contributed by atoms with Crippen molar-refractivity contribution in [3.05, 3.63) is 247 Å². The molecule has 0 spiro atoms. The number of halogens is 2. The number of rotatable bonds is 12. The molecule has 0 saturated carbocycles. The highest BCUT2D eigenvalue weighted by Gasteiger charge is 2.52. The van der Waals surface area contributed by atoms with E-state index in [4.69, 9.17) is 25.8 Å². The Bertz CT molecular complexity index is 2280. The number of aromatic amines is 1. The van der Waals surface area contributed by atoms with Gasteiger partial charge in [0.05, 0.1) is 10.5 Å². The molecule has 7 aromatic rings. The summed E-state index contributed by atoms with van der Waals surface area (Å²) in [6.07, 6.45) is -0.958. The molecule has 56 heavy (non-hydrogen) atoms. The van der Waals surface area contributed by atoms with Gasteiger partial charge in [-0.25, -0.2) is 4.79 Å². The fourth-order valence-electron chi connectivity index (χ4n) is 7.75. The summed E-state index contributed by atoms with van der Waals surface area (Å²) in [7, 11) is 0. The third-order valence-corrected chi connectivity index (χ3v) is 11.9. The van der Waals surface area contributed by atoms with Gasteiger partial charge in [0.2, 0.25) is 0 Å². The summed E-state index contributed by atoms with van der Waals surface area (Å²) in [6.45, 7) is 0.0552. The van der Waals surface area contributed by atoms with E-state index in [1.54, 1.807) is 0 Å². The van der Waals surface area contributed by atoms with Crippen molar-refractivity contribution in [3.63, 3.8) is 0 Å². The van der Waals surface area contributed by atoms with Crippen LogP contribution in [-0.4, -0.2) is 32.3 Å². The van der Waals surface area contributed by atoms with Gasteiger partial charge in [0.25, 0.3) is 5.56 Å². The Morgan fingerprint density at radius 2 is 0.946 bits per heavy atom. The van der Waals surface area contributed by atoms with E-state index in [-0.39, 0.29) is 11.6 Å². The van der Waals surface area contributed by atoms with Crippen molar-refractivity contribution < 1.29 is 14.2 Å². The van der Waals surface area contributed by atoms with E-state index in [1.165, 1.54) is 10.8 Å². The minimum Gasteiger partial charge on any atom is -0.358 e. The van der Waals surface area contributed by atoms with Crippen molar-refractivity contribution in [1.82, 2.24) is 9.55 Å². The lowest BCUT2D eigenvalue weighted by atomic mass is 9.79. The van der Waals surface area contributed by atoms with Crippen molar-refractivity contribution >= 4 is 34.2 Å². The normalized spacial score (nSPS) is 18.5. The second-order valence-electron chi connectivity index (χ2n) is 13.6. The molecule has 9 heteroatoms. The molecule has 2 heterocycles. The monoisotopic (exact) mass is 872 g/mol. The molecule has 1 fully saturated rings. The van der Waals surface area contributed by atoms with Crippen molar-refractivity contribution in [2.75, 3.05) is 6.61 Å². The van der Waals surface area contributed by atoms with Crippen LogP contribution in [0.15, 0.2) is 198 Å². The minimum absolute atomic E-state index is 0.0552. The molecule has 1 aromatic heterocycles. The minimum atomic E-state index is -1.11. The summed E-state index contributed by atoms with van der Waals surface area (Å²) in [4.78, 5) is 28.2. The van der Waals surface area contributed by atoms with Crippen molar-refractivity contribution in [2.45, 2.75) is 33.6 Å². The molecule has 7 nitrogen and oxygen atoms in total. The largest absolute Gasteiger partial charge is 0.358 e. The molecule has 0 amide bonds. The van der Waals surface area contributed by atoms with Gasteiger partial charge in [-0.15, -0.1) is 0 Å². The zero-order chi connectivity index (χ0) is 38.5. The zero-order valence-corrected chi connectivity index (χ0v) is 33.1. The molecule has 0 radical (unpaired) electrons. The zero-order valence-electron chi connectivity index (χ0n) is 30.2.